The zero-order valence-electron chi connectivity index (χ0n) is 14.1. The normalized spacial score (nSPS) is 32.8. The van der Waals surface area contributed by atoms with Crippen LogP contribution in [0, 0.1) is 12.7 Å². The number of morpholine rings is 1. The van der Waals surface area contributed by atoms with E-state index < -0.39 is 0 Å². The first-order valence-electron chi connectivity index (χ1n) is 9.04. The lowest BCUT2D eigenvalue weighted by molar-refractivity contribution is -0.150. The van der Waals surface area contributed by atoms with E-state index in [4.69, 9.17) is 4.74 Å². The fraction of sp³-hybridized carbons (Fsp3) is 0.632. The number of ether oxygens (including phenoxy) is 1. The highest BCUT2D eigenvalue weighted by Crippen LogP contribution is 2.43. The molecule has 3 aliphatic rings. The van der Waals surface area contributed by atoms with Crippen LogP contribution in [0.25, 0.3) is 0 Å². The van der Waals surface area contributed by atoms with Crippen molar-refractivity contribution in [1.82, 2.24) is 10.2 Å². The van der Waals surface area contributed by atoms with Crippen LogP contribution >= 0.6 is 0 Å². The zero-order chi connectivity index (χ0) is 16.7. The standard InChI is InChI=1S/C19H25FN2O2/c1-12-8-13(2-5-17(12)20)14-9-15-3-4-16(10-14)22(15)19(23)18-11-21-6-7-24-18/h2,5,8,14-16,18,21H,3-4,6-7,9-11H2,1H3/t14?,15-,16+,18?. The molecule has 2 unspecified atom stereocenters. The number of benzene rings is 1. The molecule has 0 spiro atoms. The van der Waals surface area contributed by atoms with Gasteiger partial charge in [-0.05, 0) is 55.7 Å². The van der Waals surface area contributed by atoms with Gasteiger partial charge in [-0.2, -0.15) is 0 Å². The van der Waals surface area contributed by atoms with Gasteiger partial charge in [0, 0.05) is 25.2 Å². The van der Waals surface area contributed by atoms with Gasteiger partial charge in [0.25, 0.3) is 5.91 Å². The molecule has 1 aromatic rings. The van der Waals surface area contributed by atoms with Gasteiger partial charge in [0.1, 0.15) is 11.9 Å². The molecule has 24 heavy (non-hydrogen) atoms. The SMILES string of the molecule is Cc1cc(C2C[C@H]3CC[C@@H](C2)N3C(=O)C2CNCCO2)ccc1F. The number of rotatable bonds is 2. The Hall–Kier alpha value is -1.46. The Labute approximate surface area is 142 Å². The van der Waals surface area contributed by atoms with Crippen LogP contribution in [-0.4, -0.2) is 48.7 Å². The van der Waals surface area contributed by atoms with E-state index in [1.54, 1.807) is 6.07 Å². The number of hydrogen-bond donors (Lipinski definition) is 1. The summed E-state index contributed by atoms with van der Waals surface area (Å²) in [5.41, 5.74) is 1.92. The van der Waals surface area contributed by atoms with Crippen LogP contribution in [0.4, 0.5) is 4.39 Å². The quantitative estimate of drug-likeness (QED) is 0.904. The summed E-state index contributed by atoms with van der Waals surface area (Å²) in [6.07, 6.45) is 3.79. The first kappa shape index (κ1) is 16.0. The molecule has 1 aromatic carbocycles. The largest absolute Gasteiger partial charge is 0.366 e. The van der Waals surface area contributed by atoms with Crippen molar-refractivity contribution >= 4 is 5.91 Å². The van der Waals surface area contributed by atoms with E-state index in [1.165, 1.54) is 5.56 Å². The third-order valence-corrected chi connectivity index (χ3v) is 5.84. The van der Waals surface area contributed by atoms with E-state index in [0.29, 0.717) is 36.7 Å². The predicted molar refractivity (Wildman–Crippen MR) is 89.4 cm³/mol. The van der Waals surface area contributed by atoms with Crippen molar-refractivity contribution in [2.45, 2.75) is 56.7 Å². The van der Waals surface area contributed by atoms with Gasteiger partial charge in [-0.25, -0.2) is 4.39 Å². The van der Waals surface area contributed by atoms with Crippen molar-refractivity contribution in [2.24, 2.45) is 0 Å². The number of aryl methyl sites for hydroxylation is 1. The second-order valence-electron chi connectivity index (χ2n) is 7.37. The molecule has 3 fully saturated rings. The van der Waals surface area contributed by atoms with Crippen LogP contribution < -0.4 is 5.32 Å². The molecule has 0 aliphatic carbocycles. The highest BCUT2D eigenvalue weighted by molar-refractivity contribution is 5.82. The molecule has 3 heterocycles. The summed E-state index contributed by atoms with van der Waals surface area (Å²) in [7, 11) is 0. The summed E-state index contributed by atoms with van der Waals surface area (Å²) in [6, 6.07) is 6.07. The van der Waals surface area contributed by atoms with E-state index in [-0.39, 0.29) is 17.8 Å². The fourth-order valence-electron chi connectivity index (χ4n) is 4.62. The molecule has 3 saturated heterocycles. The Bertz CT molecular complexity index is 616. The molecule has 1 amide bonds. The molecule has 0 aromatic heterocycles. The first-order valence-corrected chi connectivity index (χ1v) is 9.04. The van der Waals surface area contributed by atoms with Crippen molar-refractivity contribution < 1.29 is 13.9 Å². The second kappa shape index (κ2) is 6.45. The number of hydrogen-bond acceptors (Lipinski definition) is 3. The summed E-state index contributed by atoms with van der Waals surface area (Å²) in [4.78, 5) is 15.0. The van der Waals surface area contributed by atoms with Crippen LogP contribution in [0.15, 0.2) is 18.2 Å². The molecule has 0 saturated carbocycles. The van der Waals surface area contributed by atoms with Gasteiger partial charge in [-0.15, -0.1) is 0 Å². The number of carbonyl (C=O) groups is 1. The molecule has 5 heteroatoms. The maximum Gasteiger partial charge on any atom is 0.253 e. The van der Waals surface area contributed by atoms with Gasteiger partial charge >= 0.3 is 0 Å². The molecule has 4 rings (SSSR count). The van der Waals surface area contributed by atoms with Crippen LogP contribution in [0.2, 0.25) is 0 Å². The first-order chi connectivity index (χ1) is 11.6. The molecule has 3 aliphatic heterocycles. The van der Waals surface area contributed by atoms with Crippen molar-refractivity contribution in [2.75, 3.05) is 19.7 Å². The van der Waals surface area contributed by atoms with Crippen LogP contribution in [0.5, 0.6) is 0 Å². The Morgan fingerprint density at radius 2 is 2.04 bits per heavy atom. The van der Waals surface area contributed by atoms with E-state index in [9.17, 15) is 9.18 Å². The number of amides is 1. The summed E-state index contributed by atoms with van der Waals surface area (Å²) in [5, 5.41) is 3.24. The highest BCUT2D eigenvalue weighted by atomic mass is 19.1. The lowest BCUT2D eigenvalue weighted by Gasteiger charge is -2.41. The molecular weight excluding hydrogens is 307 g/mol. The Balaban J connectivity index is 1.49. The average Bonchev–Trinajstić information content (AvgIpc) is 2.87. The smallest absolute Gasteiger partial charge is 0.253 e. The van der Waals surface area contributed by atoms with Gasteiger partial charge in [-0.1, -0.05) is 12.1 Å². The number of nitrogens with one attached hydrogen (secondary N) is 1. The Morgan fingerprint density at radius 1 is 1.29 bits per heavy atom. The third-order valence-electron chi connectivity index (χ3n) is 5.84. The maximum absolute atomic E-state index is 13.5. The van der Waals surface area contributed by atoms with Crippen molar-refractivity contribution in [1.29, 1.82) is 0 Å². The number of fused-ring (bicyclic) bond motifs is 2. The number of piperidine rings is 1. The molecule has 4 atom stereocenters. The maximum atomic E-state index is 13.5. The van der Waals surface area contributed by atoms with Gasteiger partial charge in [0.2, 0.25) is 0 Å². The van der Waals surface area contributed by atoms with Crippen LogP contribution in [-0.2, 0) is 9.53 Å². The van der Waals surface area contributed by atoms with E-state index in [2.05, 4.69) is 10.2 Å². The summed E-state index contributed by atoms with van der Waals surface area (Å²) in [5.74, 6) is 0.441. The van der Waals surface area contributed by atoms with E-state index in [0.717, 1.165) is 32.2 Å². The van der Waals surface area contributed by atoms with E-state index in [1.807, 2.05) is 19.1 Å². The minimum absolute atomic E-state index is 0.142. The number of nitrogens with zero attached hydrogens (tertiary/aromatic N) is 1. The summed E-state index contributed by atoms with van der Waals surface area (Å²) < 4.78 is 19.2. The Morgan fingerprint density at radius 3 is 2.67 bits per heavy atom. The predicted octanol–water partition coefficient (Wildman–Crippen LogP) is 2.36. The lowest BCUT2D eigenvalue weighted by atomic mass is 9.84. The van der Waals surface area contributed by atoms with Gasteiger partial charge < -0.3 is 15.0 Å². The van der Waals surface area contributed by atoms with Gasteiger partial charge in [0.05, 0.1) is 6.61 Å². The topological polar surface area (TPSA) is 41.6 Å². The third kappa shape index (κ3) is 2.84. The van der Waals surface area contributed by atoms with Gasteiger partial charge in [-0.3, -0.25) is 4.79 Å². The molecule has 2 bridgehead atoms. The Kier molecular flexibility index (Phi) is 4.31. The zero-order valence-corrected chi connectivity index (χ0v) is 14.1. The second-order valence-corrected chi connectivity index (χ2v) is 7.37. The molecule has 4 nitrogen and oxygen atoms in total. The van der Waals surface area contributed by atoms with Crippen molar-refractivity contribution in [3.63, 3.8) is 0 Å². The van der Waals surface area contributed by atoms with Crippen LogP contribution in [0.3, 0.4) is 0 Å². The van der Waals surface area contributed by atoms with Crippen molar-refractivity contribution in [3.05, 3.63) is 35.1 Å². The monoisotopic (exact) mass is 332 g/mol. The summed E-state index contributed by atoms with van der Waals surface area (Å²) >= 11 is 0. The van der Waals surface area contributed by atoms with E-state index >= 15 is 0 Å². The van der Waals surface area contributed by atoms with Crippen LogP contribution in [0.1, 0.15) is 42.7 Å². The number of halogens is 1. The minimum Gasteiger partial charge on any atom is -0.366 e. The average molecular weight is 332 g/mol. The fourth-order valence-corrected chi connectivity index (χ4v) is 4.62. The van der Waals surface area contributed by atoms with Crippen molar-refractivity contribution in [3.8, 4) is 0 Å². The number of carbonyl (C=O) groups excluding carboxylic acids is 1. The summed E-state index contributed by atoms with van der Waals surface area (Å²) in [6.45, 7) is 3.87. The molecule has 0 radical (unpaired) electrons. The highest BCUT2D eigenvalue weighted by Gasteiger charge is 2.45. The molecule has 130 valence electrons. The molecular formula is C19H25FN2O2. The lowest BCUT2D eigenvalue weighted by Crippen LogP contribution is -2.54. The molecule has 1 N–H and O–H groups in total. The minimum atomic E-state index is -0.327. The van der Waals surface area contributed by atoms with Gasteiger partial charge in [0.15, 0.2) is 0 Å².